The summed E-state index contributed by atoms with van der Waals surface area (Å²) < 4.78 is 5.34. The average Bonchev–Trinajstić information content (AvgIpc) is 2.86. The predicted octanol–water partition coefficient (Wildman–Crippen LogP) is 3.58. The van der Waals surface area contributed by atoms with E-state index in [9.17, 15) is 14.4 Å². The Morgan fingerprint density at radius 1 is 1.21 bits per heavy atom. The molecule has 1 aromatic carbocycles. The molecule has 5 heteroatoms. The first-order valence-electron chi connectivity index (χ1n) is 8.25. The normalized spacial score (nSPS) is 22.1. The quantitative estimate of drug-likeness (QED) is 0.856. The molecule has 1 amide bonds. The van der Waals surface area contributed by atoms with Gasteiger partial charge in [0.15, 0.2) is 0 Å². The third-order valence-corrected chi connectivity index (χ3v) is 4.39. The van der Waals surface area contributed by atoms with E-state index in [1.807, 2.05) is 30.3 Å². The van der Waals surface area contributed by atoms with Crippen molar-refractivity contribution in [2.45, 2.75) is 58.6 Å². The second-order valence-electron chi connectivity index (χ2n) is 7.29. The summed E-state index contributed by atoms with van der Waals surface area (Å²) >= 11 is 0. The van der Waals surface area contributed by atoms with Crippen LogP contribution in [0.15, 0.2) is 30.3 Å². The number of benzene rings is 1. The van der Waals surface area contributed by atoms with Gasteiger partial charge in [0.05, 0.1) is 6.04 Å². The summed E-state index contributed by atoms with van der Waals surface area (Å²) in [4.78, 5) is 37.4. The molecule has 1 aromatic rings. The molecule has 0 heterocycles. The molecule has 0 saturated heterocycles. The Bertz CT molecular complexity index is 633. The summed E-state index contributed by atoms with van der Waals surface area (Å²) in [5.74, 6) is -0.324. The number of ether oxygens (including phenoxy) is 1. The van der Waals surface area contributed by atoms with E-state index in [-0.39, 0.29) is 11.6 Å². The number of alkyl carbamates (subject to hydrolysis) is 1. The van der Waals surface area contributed by atoms with Gasteiger partial charge in [-0.2, -0.15) is 0 Å². The van der Waals surface area contributed by atoms with Crippen molar-refractivity contribution in [2.24, 2.45) is 5.41 Å². The van der Waals surface area contributed by atoms with Crippen LogP contribution in [0.25, 0.3) is 0 Å². The molecule has 1 fully saturated rings. The van der Waals surface area contributed by atoms with Crippen LogP contribution in [0, 0.1) is 5.41 Å². The molecule has 130 valence electrons. The largest absolute Gasteiger partial charge is 0.444 e. The molecule has 24 heavy (non-hydrogen) atoms. The number of hydrogen-bond acceptors (Lipinski definition) is 4. The molecular weight excluding hydrogens is 306 g/mol. The van der Waals surface area contributed by atoms with Crippen LogP contribution in [0.1, 0.15) is 58.6 Å². The topological polar surface area (TPSA) is 72.5 Å². The third kappa shape index (κ3) is 3.66. The summed E-state index contributed by atoms with van der Waals surface area (Å²) in [7, 11) is 0. The molecule has 1 aliphatic carbocycles. The van der Waals surface area contributed by atoms with Gasteiger partial charge in [0, 0.05) is 6.42 Å². The van der Waals surface area contributed by atoms with E-state index in [0.29, 0.717) is 19.3 Å². The minimum Gasteiger partial charge on any atom is -0.444 e. The van der Waals surface area contributed by atoms with E-state index in [4.69, 9.17) is 4.74 Å². The van der Waals surface area contributed by atoms with Crippen molar-refractivity contribution in [2.75, 3.05) is 0 Å². The summed E-state index contributed by atoms with van der Waals surface area (Å²) in [5, 5.41) is 2.78. The van der Waals surface area contributed by atoms with Gasteiger partial charge in [0.25, 0.3) is 0 Å². The fraction of sp³-hybridized carbons (Fsp3) is 0.526. The van der Waals surface area contributed by atoms with Crippen LogP contribution in [0.5, 0.6) is 0 Å². The molecule has 0 bridgehead atoms. The van der Waals surface area contributed by atoms with E-state index >= 15 is 0 Å². The van der Waals surface area contributed by atoms with E-state index < -0.39 is 23.2 Å². The minimum absolute atomic E-state index is 0.111. The van der Waals surface area contributed by atoms with Crippen molar-refractivity contribution in [3.05, 3.63) is 35.9 Å². The first kappa shape index (κ1) is 18.2. The smallest absolute Gasteiger partial charge is 0.408 e. The van der Waals surface area contributed by atoms with Crippen LogP contribution < -0.4 is 5.32 Å². The first-order chi connectivity index (χ1) is 11.2. The number of carbonyl (C=O) groups is 3. The molecule has 5 nitrogen and oxygen atoms in total. The highest BCUT2D eigenvalue weighted by molar-refractivity contribution is 6.08. The number of Topliss-reactive ketones (excluding diaryl/α,β-unsaturated/α-hetero) is 2. The molecule has 0 radical (unpaired) electrons. The van der Waals surface area contributed by atoms with Crippen LogP contribution in [0.2, 0.25) is 0 Å². The van der Waals surface area contributed by atoms with E-state index in [2.05, 4.69) is 5.32 Å². The standard InChI is InChI=1S/C19H25NO4/c1-13(21)19(12-8-11-15(19)22)16(14-9-6-5-7-10-14)20-17(23)24-18(2,3)4/h5-7,9-10,16H,8,11-12H2,1-4H3,(H,20,23)/t16-,19+/m1/s1. The van der Waals surface area contributed by atoms with Crippen LogP contribution in [-0.4, -0.2) is 23.3 Å². The van der Waals surface area contributed by atoms with Crippen LogP contribution in [0.3, 0.4) is 0 Å². The maximum absolute atomic E-state index is 12.6. The summed E-state index contributed by atoms with van der Waals surface area (Å²) in [6, 6.07) is 8.42. The number of ketones is 2. The van der Waals surface area contributed by atoms with Gasteiger partial charge < -0.3 is 10.1 Å². The Morgan fingerprint density at radius 3 is 2.29 bits per heavy atom. The fourth-order valence-electron chi connectivity index (χ4n) is 3.33. The second kappa shape index (κ2) is 6.75. The molecule has 1 saturated carbocycles. The first-order valence-corrected chi connectivity index (χ1v) is 8.25. The lowest BCUT2D eigenvalue weighted by atomic mass is 9.72. The Balaban J connectivity index is 2.42. The summed E-state index contributed by atoms with van der Waals surface area (Å²) in [5.41, 5.74) is -1.14. The summed E-state index contributed by atoms with van der Waals surface area (Å²) in [6.45, 7) is 6.73. The van der Waals surface area contributed by atoms with Gasteiger partial charge in [0.2, 0.25) is 0 Å². The van der Waals surface area contributed by atoms with Gasteiger partial charge in [0.1, 0.15) is 22.6 Å². The Hall–Kier alpha value is -2.17. The molecule has 2 atom stereocenters. The lowest BCUT2D eigenvalue weighted by molar-refractivity contribution is -0.139. The van der Waals surface area contributed by atoms with Gasteiger partial charge in [-0.3, -0.25) is 9.59 Å². The van der Waals surface area contributed by atoms with Crippen molar-refractivity contribution in [1.29, 1.82) is 0 Å². The van der Waals surface area contributed by atoms with E-state index in [1.54, 1.807) is 20.8 Å². The number of nitrogens with one attached hydrogen (secondary N) is 1. The lowest BCUT2D eigenvalue weighted by Gasteiger charge is -2.35. The zero-order valence-electron chi connectivity index (χ0n) is 14.7. The molecule has 2 rings (SSSR count). The van der Waals surface area contributed by atoms with Gasteiger partial charge in [-0.15, -0.1) is 0 Å². The zero-order chi connectivity index (χ0) is 18.0. The Kier molecular flexibility index (Phi) is 5.11. The molecule has 1 N–H and O–H groups in total. The average molecular weight is 331 g/mol. The Labute approximate surface area is 142 Å². The molecule has 0 unspecified atom stereocenters. The van der Waals surface area contributed by atoms with Crippen molar-refractivity contribution >= 4 is 17.7 Å². The van der Waals surface area contributed by atoms with Crippen LogP contribution in [0.4, 0.5) is 4.79 Å². The highest BCUT2D eigenvalue weighted by Crippen LogP contribution is 2.46. The predicted molar refractivity (Wildman–Crippen MR) is 90.5 cm³/mol. The van der Waals surface area contributed by atoms with Crippen molar-refractivity contribution in [1.82, 2.24) is 5.32 Å². The maximum atomic E-state index is 12.6. The highest BCUT2D eigenvalue weighted by atomic mass is 16.6. The zero-order valence-corrected chi connectivity index (χ0v) is 14.7. The highest BCUT2D eigenvalue weighted by Gasteiger charge is 2.53. The molecular formula is C19H25NO4. The molecule has 1 aliphatic rings. The van der Waals surface area contributed by atoms with Gasteiger partial charge >= 0.3 is 6.09 Å². The fourth-order valence-corrected chi connectivity index (χ4v) is 3.33. The van der Waals surface area contributed by atoms with Gasteiger partial charge in [-0.1, -0.05) is 30.3 Å². The van der Waals surface area contributed by atoms with Crippen LogP contribution >= 0.6 is 0 Å². The van der Waals surface area contributed by atoms with Crippen molar-refractivity contribution in [3.63, 3.8) is 0 Å². The van der Waals surface area contributed by atoms with Gasteiger partial charge in [-0.25, -0.2) is 4.79 Å². The number of hydrogen-bond donors (Lipinski definition) is 1. The minimum atomic E-state index is -1.21. The van der Waals surface area contributed by atoms with Crippen LogP contribution in [-0.2, 0) is 14.3 Å². The SMILES string of the molecule is CC(=O)[C@@]1([C@H](NC(=O)OC(C)(C)C)c2ccccc2)CCCC1=O. The summed E-state index contributed by atoms with van der Waals surface area (Å²) in [6.07, 6.45) is 0.823. The number of rotatable bonds is 4. The third-order valence-electron chi connectivity index (χ3n) is 4.39. The van der Waals surface area contributed by atoms with Gasteiger partial charge in [-0.05, 0) is 46.1 Å². The van der Waals surface area contributed by atoms with E-state index in [1.165, 1.54) is 6.92 Å². The lowest BCUT2D eigenvalue weighted by Crippen LogP contribution is -2.48. The molecule has 0 spiro atoms. The molecule has 0 aromatic heterocycles. The number of amides is 1. The number of carbonyl (C=O) groups excluding carboxylic acids is 3. The Morgan fingerprint density at radius 2 is 1.83 bits per heavy atom. The second-order valence-corrected chi connectivity index (χ2v) is 7.29. The van der Waals surface area contributed by atoms with Crippen molar-refractivity contribution < 1.29 is 19.1 Å². The van der Waals surface area contributed by atoms with E-state index in [0.717, 1.165) is 5.56 Å². The molecule has 0 aliphatic heterocycles. The maximum Gasteiger partial charge on any atom is 0.408 e. The van der Waals surface area contributed by atoms with Crippen molar-refractivity contribution in [3.8, 4) is 0 Å². The monoisotopic (exact) mass is 331 g/mol.